The van der Waals surface area contributed by atoms with Gasteiger partial charge >= 0.3 is 0 Å². The highest BCUT2D eigenvalue weighted by atomic mass is 79.9. The Morgan fingerprint density at radius 2 is 2.21 bits per heavy atom. The highest BCUT2D eigenvalue weighted by molar-refractivity contribution is 9.09. The Kier molecular flexibility index (Phi) is 5.28. The van der Waals surface area contributed by atoms with Crippen molar-refractivity contribution in [2.75, 3.05) is 16.4 Å². The van der Waals surface area contributed by atoms with E-state index in [9.17, 15) is 4.79 Å². The first-order valence-corrected chi connectivity index (χ1v) is 7.96. The summed E-state index contributed by atoms with van der Waals surface area (Å²) < 4.78 is 0. The van der Waals surface area contributed by atoms with E-state index in [1.165, 1.54) is 6.42 Å². The van der Waals surface area contributed by atoms with Crippen LogP contribution in [0.2, 0.25) is 0 Å². The maximum atomic E-state index is 11.8. The van der Waals surface area contributed by atoms with Crippen molar-refractivity contribution in [2.45, 2.75) is 30.6 Å². The number of nitrogens with one attached hydrogen (secondary N) is 1. The van der Waals surface area contributed by atoms with Gasteiger partial charge in [-0.15, -0.1) is 11.8 Å². The van der Waals surface area contributed by atoms with Crippen LogP contribution in [0.3, 0.4) is 0 Å². The van der Waals surface area contributed by atoms with Gasteiger partial charge in [-0.3, -0.25) is 4.79 Å². The Bertz CT molecular complexity index is 203. The van der Waals surface area contributed by atoms with Crippen molar-refractivity contribution in [1.82, 2.24) is 5.32 Å². The second-order valence-corrected chi connectivity index (χ2v) is 6.25. The number of rotatable bonds is 4. The van der Waals surface area contributed by atoms with Gasteiger partial charge in [0.2, 0.25) is 5.91 Å². The fraction of sp³-hybridized carbons (Fsp3) is 0.889. The van der Waals surface area contributed by atoms with Gasteiger partial charge in [0.15, 0.2) is 0 Å². The molecule has 0 spiro atoms. The normalized spacial score (nSPS) is 22.4. The lowest BCUT2D eigenvalue weighted by molar-refractivity contribution is -0.121. The lowest BCUT2D eigenvalue weighted by Crippen LogP contribution is -2.51. The smallest absolute Gasteiger partial charge is 0.233 e. The number of halogens is 2. The Labute approximate surface area is 106 Å². The molecule has 1 atom stereocenters. The van der Waals surface area contributed by atoms with E-state index in [4.69, 9.17) is 0 Å². The van der Waals surface area contributed by atoms with Crippen molar-refractivity contribution >= 4 is 49.5 Å². The lowest BCUT2D eigenvalue weighted by Gasteiger charge is -2.27. The van der Waals surface area contributed by atoms with Crippen LogP contribution in [0.5, 0.6) is 0 Å². The van der Waals surface area contributed by atoms with Crippen LogP contribution in [-0.4, -0.2) is 33.1 Å². The molecule has 0 aromatic rings. The predicted molar refractivity (Wildman–Crippen MR) is 69.6 cm³/mol. The minimum Gasteiger partial charge on any atom is -0.348 e. The molecule has 0 aromatic heterocycles. The zero-order valence-corrected chi connectivity index (χ0v) is 12.2. The maximum absolute atomic E-state index is 11.8. The number of hydrogen-bond donors (Lipinski definition) is 1. The molecule has 0 radical (unpaired) electrons. The van der Waals surface area contributed by atoms with E-state index in [2.05, 4.69) is 37.2 Å². The summed E-state index contributed by atoms with van der Waals surface area (Å²) in [4.78, 5) is 11.8. The van der Waals surface area contributed by atoms with Gasteiger partial charge in [0.1, 0.15) is 0 Å². The SMILES string of the molecule is CC(CBr)(CBr)NC(=O)C1CCCS1. The number of thioether (sulfide) groups is 1. The Hall–Kier alpha value is 0.780. The van der Waals surface area contributed by atoms with Crippen molar-refractivity contribution < 1.29 is 4.79 Å². The van der Waals surface area contributed by atoms with Gasteiger partial charge in [0.05, 0.1) is 10.8 Å². The largest absolute Gasteiger partial charge is 0.348 e. The van der Waals surface area contributed by atoms with Gasteiger partial charge in [0, 0.05) is 10.7 Å². The molecule has 1 unspecified atom stereocenters. The third kappa shape index (κ3) is 3.42. The first-order chi connectivity index (χ1) is 6.61. The fourth-order valence-corrected chi connectivity index (χ4v) is 3.64. The molecule has 1 heterocycles. The zero-order valence-electron chi connectivity index (χ0n) is 8.19. The second kappa shape index (κ2) is 5.75. The minimum absolute atomic E-state index is 0.166. The Morgan fingerprint density at radius 3 is 2.64 bits per heavy atom. The molecule has 0 aromatic carbocycles. The van der Waals surface area contributed by atoms with Crippen LogP contribution in [0.4, 0.5) is 0 Å². The van der Waals surface area contributed by atoms with Crippen LogP contribution in [0, 0.1) is 0 Å². The molecular formula is C9H15Br2NOS. The molecule has 1 aliphatic rings. The molecule has 1 rings (SSSR count). The average molecular weight is 345 g/mol. The van der Waals surface area contributed by atoms with E-state index in [0.717, 1.165) is 22.8 Å². The van der Waals surface area contributed by atoms with E-state index < -0.39 is 0 Å². The lowest BCUT2D eigenvalue weighted by atomic mass is 10.1. The van der Waals surface area contributed by atoms with Crippen molar-refractivity contribution in [3.8, 4) is 0 Å². The third-order valence-electron chi connectivity index (χ3n) is 2.24. The predicted octanol–water partition coefficient (Wildman–Crippen LogP) is 2.55. The van der Waals surface area contributed by atoms with Crippen LogP contribution in [0.1, 0.15) is 19.8 Å². The van der Waals surface area contributed by atoms with Crippen molar-refractivity contribution in [2.24, 2.45) is 0 Å². The summed E-state index contributed by atoms with van der Waals surface area (Å²) in [5.74, 6) is 1.31. The van der Waals surface area contributed by atoms with Gasteiger partial charge in [-0.2, -0.15) is 0 Å². The monoisotopic (exact) mass is 343 g/mol. The summed E-state index contributed by atoms with van der Waals surface area (Å²) in [5, 5.41) is 4.80. The molecule has 2 nitrogen and oxygen atoms in total. The molecular weight excluding hydrogens is 330 g/mol. The number of carbonyl (C=O) groups excluding carboxylic acids is 1. The molecule has 0 saturated carbocycles. The van der Waals surface area contributed by atoms with E-state index in [-0.39, 0.29) is 16.7 Å². The summed E-state index contributed by atoms with van der Waals surface area (Å²) in [5.41, 5.74) is -0.166. The second-order valence-electron chi connectivity index (χ2n) is 3.82. The molecule has 5 heteroatoms. The molecule has 82 valence electrons. The van der Waals surface area contributed by atoms with E-state index in [0.29, 0.717) is 0 Å². The first-order valence-electron chi connectivity index (χ1n) is 4.67. The van der Waals surface area contributed by atoms with Crippen LogP contribution in [0.15, 0.2) is 0 Å². The molecule has 14 heavy (non-hydrogen) atoms. The quantitative estimate of drug-likeness (QED) is 0.794. The van der Waals surface area contributed by atoms with Crippen molar-refractivity contribution in [3.63, 3.8) is 0 Å². The van der Waals surface area contributed by atoms with Crippen LogP contribution >= 0.6 is 43.6 Å². The molecule has 1 amide bonds. The summed E-state index contributed by atoms with van der Waals surface area (Å²) >= 11 is 8.60. The van der Waals surface area contributed by atoms with Gasteiger partial charge < -0.3 is 5.32 Å². The highest BCUT2D eigenvalue weighted by Crippen LogP contribution is 2.27. The summed E-state index contributed by atoms with van der Waals surface area (Å²) in [6.45, 7) is 2.04. The molecule has 1 N–H and O–H groups in total. The van der Waals surface area contributed by atoms with Crippen molar-refractivity contribution in [3.05, 3.63) is 0 Å². The van der Waals surface area contributed by atoms with Gasteiger partial charge in [-0.1, -0.05) is 31.9 Å². The fourth-order valence-electron chi connectivity index (χ4n) is 1.26. The highest BCUT2D eigenvalue weighted by Gasteiger charge is 2.29. The molecule has 0 bridgehead atoms. The molecule has 1 aliphatic heterocycles. The molecule has 0 aliphatic carbocycles. The molecule has 1 fully saturated rings. The Balaban J connectivity index is 2.45. The summed E-state index contributed by atoms with van der Waals surface area (Å²) in [7, 11) is 0. The zero-order chi connectivity index (χ0) is 10.6. The Morgan fingerprint density at radius 1 is 1.57 bits per heavy atom. The first kappa shape index (κ1) is 12.8. The number of carbonyl (C=O) groups is 1. The van der Waals surface area contributed by atoms with Crippen LogP contribution in [0.25, 0.3) is 0 Å². The van der Waals surface area contributed by atoms with E-state index in [1.54, 1.807) is 11.8 Å². The van der Waals surface area contributed by atoms with E-state index >= 15 is 0 Å². The van der Waals surface area contributed by atoms with Crippen LogP contribution < -0.4 is 5.32 Å². The average Bonchev–Trinajstić information content (AvgIpc) is 2.70. The number of amides is 1. The van der Waals surface area contributed by atoms with Gasteiger partial charge in [-0.05, 0) is 25.5 Å². The third-order valence-corrected chi connectivity index (χ3v) is 6.09. The number of hydrogen-bond acceptors (Lipinski definition) is 2. The van der Waals surface area contributed by atoms with Crippen molar-refractivity contribution in [1.29, 1.82) is 0 Å². The van der Waals surface area contributed by atoms with Gasteiger partial charge in [-0.25, -0.2) is 0 Å². The molecule has 1 saturated heterocycles. The summed E-state index contributed by atoms with van der Waals surface area (Å²) in [6.07, 6.45) is 2.19. The minimum atomic E-state index is -0.166. The summed E-state index contributed by atoms with van der Waals surface area (Å²) in [6, 6.07) is 0. The van der Waals surface area contributed by atoms with Crippen LogP contribution in [-0.2, 0) is 4.79 Å². The maximum Gasteiger partial charge on any atom is 0.233 e. The topological polar surface area (TPSA) is 29.1 Å². The number of alkyl halides is 2. The standard InChI is InChI=1S/C9H15Br2NOS/c1-9(5-10,6-11)12-8(13)7-3-2-4-14-7/h7H,2-6H2,1H3,(H,12,13). The van der Waals surface area contributed by atoms with Gasteiger partial charge in [0.25, 0.3) is 0 Å². The van der Waals surface area contributed by atoms with E-state index in [1.807, 2.05) is 6.92 Å².